The Hall–Kier alpha value is -1.95. The van der Waals surface area contributed by atoms with Crippen LogP contribution in [0.3, 0.4) is 0 Å². The number of nitrogens with zero attached hydrogens (tertiary/aromatic N) is 3. The van der Waals surface area contributed by atoms with E-state index in [-0.39, 0.29) is 5.91 Å². The normalized spacial score (nSPS) is 18.3. The molecule has 0 N–H and O–H groups in total. The highest BCUT2D eigenvalue weighted by molar-refractivity contribution is 7.09. The molecule has 0 radical (unpaired) electrons. The monoisotopic (exact) mass is 317 g/mol. The zero-order chi connectivity index (χ0) is 15.5. The van der Waals surface area contributed by atoms with E-state index >= 15 is 0 Å². The SMILES string of the molecule is COc1ccc(C(=O)N2CCC[C@@H](c3nc(C)cs3)C2)cn1. The van der Waals surface area contributed by atoms with Crippen LogP contribution in [0.25, 0.3) is 0 Å². The summed E-state index contributed by atoms with van der Waals surface area (Å²) in [5, 5.41) is 3.21. The number of methoxy groups -OCH3 is 1. The number of pyridine rings is 1. The molecule has 1 amide bonds. The number of hydrogen-bond donors (Lipinski definition) is 0. The minimum absolute atomic E-state index is 0.0353. The van der Waals surface area contributed by atoms with Gasteiger partial charge < -0.3 is 9.64 Å². The molecule has 2 aromatic heterocycles. The molecule has 1 aliphatic rings. The molecule has 0 spiro atoms. The molecule has 1 aliphatic heterocycles. The fraction of sp³-hybridized carbons (Fsp3) is 0.438. The quantitative estimate of drug-likeness (QED) is 0.873. The zero-order valence-electron chi connectivity index (χ0n) is 12.8. The molecule has 0 bridgehead atoms. The number of aryl methyl sites for hydroxylation is 1. The first kappa shape index (κ1) is 15.0. The molecular formula is C16H19N3O2S. The molecule has 1 fully saturated rings. The van der Waals surface area contributed by atoms with Crippen molar-refractivity contribution in [3.8, 4) is 5.88 Å². The molecular weight excluding hydrogens is 298 g/mol. The summed E-state index contributed by atoms with van der Waals surface area (Å²) in [6, 6.07) is 3.49. The van der Waals surface area contributed by atoms with Crippen LogP contribution >= 0.6 is 11.3 Å². The van der Waals surface area contributed by atoms with Gasteiger partial charge in [0.25, 0.3) is 5.91 Å². The third-order valence-corrected chi connectivity index (χ3v) is 5.01. The Balaban J connectivity index is 1.71. The Kier molecular flexibility index (Phi) is 4.38. The second kappa shape index (κ2) is 6.44. The fourth-order valence-electron chi connectivity index (χ4n) is 2.73. The maximum atomic E-state index is 12.6. The standard InChI is InChI=1S/C16H19N3O2S/c1-11-10-22-15(18-11)13-4-3-7-19(9-13)16(20)12-5-6-14(21-2)17-8-12/h5-6,8,10,13H,3-4,7,9H2,1-2H3/t13-/m1/s1. The summed E-state index contributed by atoms with van der Waals surface area (Å²) >= 11 is 1.69. The van der Waals surface area contributed by atoms with Crippen molar-refractivity contribution in [2.24, 2.45) is 0 Å². The van der Waals surface area contributed by atoms with E-state index in [4.69, 9.17) is 4.74 Å². The minimum Gasteiger partial charge on any atom is -0.481 e. The number of ether oxygens (including phenoxy) is 1. The van der Waals surface area contributed by atoms with Gasteiger partial charge in [-0.05, 0) is 25.8 Å². The van der Waals surface area contributed by atoms with Crippen LogP contribution in [-0.4, -0.2) is 41.0 Å². The summed E-state index contributed by atoms with van der Waals surface area (Å²) < 4.78 is 5.03. The second-order valence-electron chi connectivity index (χ2n) is 5.51. The number of amides is 1. The molecule has 116 valence electrons. The van der Waals surface area contributed by atoms with Gasteiger partial charge >= 0.3 is 0 Å². The molecule has 3 heterocycles. The predicted octanol–water partition coefficient (Wildman–Crippen LogP) is 2.87. The summed E-state index contributed by atoms with van der Waals surface area (Å²) in [6.45, 7) is 3.54. The number of likely N-dealkylation sites (tertiary alicyclic amines) is 1. The Morgan fingerprint density at radius 3 is 2.95 bits per heavy atom. The maximum Gasteiger partial charge on any atom is 0.255 e. The van der Waals surface area contributed by atoms with Gasteiger partial charge in [0, 0.05) is 42.3 Å². The van der Waals surface area contributed by atoms with Crippen LogP contribution in [0.2, 0.25) is 0 Å². The Bertz CT molecular complexity index is 654. The molecule has 1 atom stereocenters. The molecule has 0 aliphatic carbocycles. The fourth-order valence-corrected chi connectivity index (χ4v) is 3.66. The van der Waals surface area contributed by atoms with Crippen LogP contribution < -0.4 is 4.74 Å². The van der Waals surface area contributed by atoms with Gasteiger partial charge in [0.1, 0.15) is 0 Å². The average Bonchev–Trinajstić information content (AvgIpc) is 3.01. The number of rotatable bonds is 3. The topological polar surface area (TPSA) is 55.3 Å². The van der Waals surface area contributed by atoms with Gasteiger partial charge in [-0.2, -0.15) is 0 Å². The van der Waals surface area contributed by atoms with Crippen LogP contribution in [0.5, 0.6) is 5.88 Å². The third kappa shape index (κ3) is 3.11. The van der Waals surface area contributed by atoms with Crippen molar-refractivity contribution in [3.63, 3.8) is 0 Å². The van der Waals surface area contributed by atoms with Crippen LogP contribution in [0.4, 0.5) is 0 Å². The van der Waals surface area contributed by atoms with Crippen molar-refractivity contribution in [1.29, 1.82) is 0 Å². The lowest BCUT2D eigenvalue weighted by atomic mass is 9.98. The van der Waals surface area contributed by atoms with Gasteiger partial charge in [-0.1, -0.05) is 0 Å². The summed E-state index contributed by atoms with van der Waals surface area (Å²) in [5.74, 6) is 0.905. The smallest absolute Gasteiger partial charge is 0.255 e. The highest BCUT2D eigenvalue weighted by Gasteiger charge is 2.27. The van der Waals surface area contributed by atoms with Crippen LogP contribution in [0.15, 0.2) is 23.7 Å². The Morgan fingerprint density at radius 2 is 2.32 bits per heavy atom. The minimum atomic E-state index is 0.0353. The Morgan fingerprint density at radius 1 is 1.45 bits per heavy atom. The zero-order valence-corrected chi connectivity index (χ0v) is 13.6. The first-order valence-corrected chi connectivity index (χ1v) is 8.26. The number of thiazole rings is 1. The molecule has 2 aromatic rings. The molecule has 0 unspecified atom stereocenters. The maximum absolute atomic E-state index is 12.6. The van der Waals surface area contributed by atoms with Gasteiger partial charge in [0.15, 0.2) is 0 Å². The molecule has 1 saturated heterocycles. The average molecular weight is 317 g/mol. The molecule has 3 rings (SSSR count). The lowest BCUT2D eigenvalue weighted by Crippen LogP contribution is -2.39. The van der Waals surface area contributed by atoms with Gasteiger partial charge in [-0.25, -0.2) is 9.97 Å². The predicted molar refractivity (Wildman–Crippen MR) is 85.5 cm³/mol. The van der Waals surface area contributed by atoms with E-state index < -0.39 is 0 Å². The van der Waals surface area contributed by atoms with Gasteiger partial charge in [-0.15, -0.1) is 11.3 Å². The number of piperidine rings is 1. The van der Waals surface area contributed by atoms with E-state index in [9.17, 15) is 4.79 Å². The Labute approximate surface area is 134 Å². The van der Waals surface area contributed by atoms with Crippen molar-refractivity contribution in [2.45, 2.75) is 25.7 Å². The lowest BCUT2D eigenvalue weighted by molar-refractivity contribution is 0.0706. The first-order chi connectivity index (χ1) is 10.7. The molecule has 6 heteroatoms. The van der Waals surface area contributed by atoms with Crippen LogP contribution in [0.1, 0.15) is 39.8 Å². The van der Waals surface area contributed by atoms with Crippen molar-refractivity contribution >= 4 is 17.2 Å². The van der Waals surface area contributed by atoms with Crippen molar-refractivity contribution in [2.75, 3.05) is 20.2 Å². The summed E-state index contributed by atoms with van der Waals surface area (Å²) in [4.78, 5) is 23.2. The van der Waals surface area contributed by atoms with Gasteiger partial charge in [0.2, 0.25) is 5.88 Å². The van der Waals surface area contributed by atoms with Crippen molar-refractivity contribution < 1.29 is 9.53 Å². The van der Waals surface area contributed by atoms with Crippen molar-refractivity contribution in [1.82, 2.24) is 14.9 Å². The van der Waals surface area contributed by atoms with Crippen LogP contribution in [0, 0.1) is 6.92 Å². The van der Waals surface area contributed by atoms with E-state index in [2.05, 4.69) is 15.3 Å². The first-order valence-electron chi connectivity index (χ1n) is 7.38. The van der Waals surface area contributed by atoms with Crippen molar-refractivity contribution in [3.05, 3.63) is 40.0 Å². The number of aromatic nitrogens is 2. The second-order valence-corrected chi connectivity index (χ2v) is 6.40. The summed E-state index contributed by atoms with van der Waals surface area (Å²) in [5.41, 5.74) is 1.67. The molecule has 0 saturated carbocycles. The summed E-state index contributed by atoms with van der Waals surface area (Å²) in [6.07, 6.45) is 3.69. The van der Waals surface area contributed by atoms with E-state index in [0.717, 1.165) is 36.6 Å². The van der Waals surface area contributed by atoms with Crippen LogP contribution in [-0.2, 0) is 0 Å². The number of hydrogen-bond acceptors (Lipinski definition) is 5. The van der Waals surface area contributed by atoms with E-state index in [1.807, 2.05) is 11.8 Å². The summed E-state index contributed by atoms with van der Waals surface area (Å²) in [7, 11) is 1.56. The van der Waals surface area contributed by atoms with Gasteiger partial charge in [0.05, 0.1) is 17.7 Å². The van der Waals surface area contributed by atoms with E-state index in [0.29, 0.717) is 17.4 Å². The third-order valence-electron chi connectivity index (χ3n) is 3.89. The molecule has 5 nitrogen and oxygen atoms in total. The molecule has 22 heavy (non-hydrogen) atoms. The lowest BCUT2D eigenvalue weighted by Gasteiger charge is -2.31. The number of carbonyl (C=O) groups is 1. The van der Waals surface area contributed by atoms with E-state index in [1.165, 1.54) is 0 Å². The van der Waals surface area contributed by atoms with E-state index in [1.54, 1.807) is 36.8 Å². The largest absolute Gasteiger partial charge is 0.481 e. The highest BCUT2D eigenvalue weighted by atomic mass is 32.1. The number of carbonyl (C=O) groups excluding carboxylic acids is 1. The highest BCUT2D eigenvalue weighted by Crippen LogP contribution is 2.29. The molecule has 0 aromatic carbocycles. The van der Waals surface area contributed by atoms with Gasteiger partial charge in [-0.3, -0.25) is 4.79 Å².